The number of aromatic nitrogens is 2. The van der Waals surface area contributed by atoms with Gasteiger partial charge in [0.15, 0.2) is 0 Å². The summed E-state index contributed by atoms with van der Waals surface area (Å²) in [5, 5.41) is 3.26. The van der Waals surface area contributed by atoms with Crippen LogP contribution in [-0.2, 0) is 17.1 Å². The lowest BCUT2D eigenvalue weighted by Gasteiger charge is -2.34. The standard InChI is InChI=1S/C15H19BrN4O2S/c1-11-3-4-12(16)14(9-11)23(21,22)20-8-5-17-10-13(20)15-18-6-7-19(15)2/h3-4,6-7,9,13,17H,5,8,10H2,1-2H3. The minimum Gasteiger partial charge on any atom is -0.337 e. The fourth-order valence-electron chi connectivity index (χ4n) is 2.83. The SMILES string of the molecule is Cc1ccc(Br)c(S(=O)(=O)N2CCNCC2c2nccn2C)c1. The summed E-state index contributed by atoms with van der Waals surface area (Å²) in [4.78, 5) is 4.65. The van der Waals surface area contributed by atoms with Gasteiger partial charge in [0, 0.05) is 43.5 Å². The number of aryl methyl sites for hydroxylation is 2. The van der Waals surface area contributed by atoms with Crippen LogP contribution in [0.25, 0.3) is 0 Å². The van der Waals surface area contributed by atoms with Gasteiger partial charge in [-0.15, -0.1) is 0 Å². The Morgan fingerprint density at radius 1 is 1.39 bits per heavy atom. The molecule has 1 saturated heterocycles. The van der Waals surface area contributed by atoms with Gasteiger partial charge < -0.3 is 9.88 Å². The van der Waals surface area contributed by atoms with Crippen LogP contribution in [0.1, 0.15) is 17.4 Å². The third-order valence-corrected chi connectivity index (χ3v) is 6.93. The molecule has 23 heavy (non-hydrogen) atoms. The maximum absolute atomic E-state index is 13.2. The Labute approximate surface area is 144 Å². The molecule has 0 aliphatic carbocycles. The average molecular weight is 399 g/mol. The monoisotopic (exact) mass is 398 g/mol. The minimum absolute atomic E-state index is 0.304. The maximum Gasteiger partial charge on any atom is 0.244 e. The molecule has 2 aromatic rings. The molecule has 1 unspecified atom stereocenters. The lowest BCUT2D eigenvalue weighted by molar-refractivity contribution is 0.258. The molecule has 1 N–H and O–H groups in total. The van der Waals surface area contributed by atoms with E-state index in [2.05, 4.69) is 26.2 Å². The number of hydrogen-bond acceptors (Lipinski definition) is 4. The number of piperazine rings is 1. The van der Waals surface area contributed by atoms with E-state index in [1.807, 2.05) is 30.8 Å². The van der Waals surface area contributed by atoms with E-state index in [-0.39, 0.29) is 6.04 Å². The predicted molar refractivity (Wildman–Crippen MR) is 91.6 cm³/mol. The predicted octanol–water partition coefficient (Wildman–Crippen LogP) is 1.83. The zero-order valence-electron chi connectivity index (χ0n) is 13.0. The number of nitrogens with zero attached hydrogens (tertiary/aromatic N) is 3. The third kappa shape index (κ3) is 3.08. The van der Waals surface area contributed by atoms with E-state index in [0.717, 1.165) is 11.4 Å². The van der Waals surface area contributed by atoms with Crippen molar-refractivity contribution in [1.29, 1.82) is 0 Å². The number of imidazole rings is 1. The number of sulfonamides is 1. The van der Waals surface area contributed by atoms with E-state index in [4.69, 9.17) is 0 Å². The third-order valence-electron chi connectivity index (χ3n) is 4.02. The van der Waals surface area contributed by atoms with Crippen LogP contribution in [0.4, 0.5) is 0 Å². The second kappa shape index (κ2) is 6.35. The Hall–Kier alpha value is -1.22. The lowest BCUT2D eigenvalue weighted by Crippen LogP contribution is -2.49. The molecule has 1 fully saturated rings. The van der Waals surface area contributed by atoms with Crippen molar-refractivity contribution in [2.45, 2.75) is 17.9 Å². The molecule has 1 aromatic heterocycles. The highest BCUT2D eigenvalue weighted by Gasteiger charge is 2.37. The van der Waals surface area contributed by atoms with Gasteiger partial charge in [-0.3, -0.25) is 0 Å². The highest BCUT2D eigenvalue weighted by Crippen LogP contribution is 2.32. The normalized spacial score (nSPS) is 19.9. The molecule has 1 atom stereocenters. The second-order valence-electron chi connectivity index (χ2n) is 5.67. The van der Waals surface area contributed by atoms with Crippen LogP contribution in [-0.4, -0.2) is 41.9 Å². The Morgan fingerprint density at radius 2 is 2.17 bits per heavy atom. The Bertz CT molecular complexity index is 819. The van der Waals surface area contributed by atoms with Gasteiger partial charge >= 0.3 is 0 Å². The van der Waals surface area contributed by atoms with Crippen molar-refractivity contribution in [3.8, 4) is 0 Å². The van der Waals surface area contributed by atoms with Crippen LogP contribution in [0.2, 0.25) is 0 Å². The van der Waals surface area contributed by atoms with Crippen molar-refractivity contribution in [1.82, 2.24) is 19.2 Å². The number of benzene rings is 1. The second-order valence-corrected chi connectivity index (χ2v) is 8.38. The first-order valence-corrected chi connectivity index (χ1v) is 9.60. The van der Waals surface area contributed by atoms with E-state index < -0.39 is 10.0 Å². The molecule has 6 nitrogen and oxygen atoms in total. The van der Waals surface area contributed by atoms with Crippen molar-refractivity contribution in [3.05, 3.63) is 46.5 Å². The average Bonchev–Trinajstić information content (AvgIpc) is 2.95. The lowest BCUT2D eigenvalue weighted by atomic mass is 10.2. The van der Waals surface area contributed by atoms with Crippen LogP contribution >= 0.6 is 15.9 Å². The molecule has 124 valence electrons. The molecular weight excluding hydrogens is 380 g/mol. The van der Waals surface area contributed by atoms with Crippen LogP contribution in [0, 0.1) is 6.92 Å². The van der Waals surface area contributed by atoms with E-state index in [1.54, 1.807) is 22.6 Å². The van der Waals surface area contributed by atoms with Crippen LogP contribution in [0.5, 0.6) is 0 Å². The van der Waals surface area contributed by atoms with Crippen molar-refractivity contribution in [2.24, 2.45) is 7.05 Å². The van der Waals surface area contributed by atoms with Gasteiger partial charge in [-0.1, -0.05) is 6.07 Å². The molecule has 0 radical (unpaired) electrons. The highest BCUT2D eigenvalue weighted by atomic mass is 79.9. The van der Waals surface area contributed by atoms with Crippen molar-refractivity contribution in [3.63, 3.8) is 0 Å². The first kappa shape index (κ1) is 16.6. The summed E-state index contributed by atoms with van der Waals surface area (Å²) in [5.41, 5.74) is 0.912. The highest BCUT2D eigenvalue weighted by molar-refractivity contribution is 9.10. The first-order valence-electron chi connectivity index (χ1n) is 7.37. The van der Waals surface area contributed by atoms with Crippen LogP contribution < -0.4 is 5.32 Å². The van der Waals surface area contributed by atoms with E-state index in [0.29, 0.717) is 29.0 Å². The van der Waals surface area contributed by atoms with Gasteiger partial charge in [-0.2, -0.15) is 4.31 Å². The minimum atomic E-state index is -3.61. The summed E-state index contributed by atoms with van der Waals surface area (Å²) in [7, 11) is -1.73. The van der Waals surface area contributed by atoms with Crippen LogP contribution in [0.15, 0.2) is 40.0 Å². The van der Waals surface area contributed by atoms with E-state index in [1.165, 1.54) is 0 Å². The van der Waals surface area contributed by atoms with Gasteiger partial charge in [-0.05, 0) is 40.5 Å². The van der Waals surface area contributed by atoms with Gasteiger partial charge in [0.25, 0.3) is 0 Å². The Morgan fingerprint density at radius 3 is 2.87 bits per heavy atom. The summed E-state index contributed by atoms with van der Waals surface area (Å²) in [5.74, 6) is 0.740. The number of hydrogen-bond donors (Lipinski definition) is 1. The number of rotatable bonds is 3. The Balaban J connectivity index is 2.06. The van der Waals surface area contributed by atoms with Gasteiger partial charge in [0.05, 0.1) is 10.9 Å². The zero-order valence-corrected chi connectivity index (χ0v) is 15.4. The topological polar surface area (TPSA) is 67.2 Å². The molecule has 1 aliphatic rings. The largest absolute Gasteiger partial charge is 0.337 e. The van der Waals surface area contributed by atoms with Crippen molar-refractivity contribution >= 4 is 26.0 Å². The number of nitrogens with one attached hydrogen (secondary N) is 1. The van der Waals surface area contributed by atoms with E-state index in [9.17, 15) is 8.42 Å². The zero-order chi connectivity index (χ0) is 16.6. The molecule has 0 amide bonds. The van der Waals surface area contributed by atoms with Crippen molar-refractivity contribution in [2.75, 3.05) is 19.6 Å². The van der Waals surface area contributed by atoms with Crippen molar-refractivity contribution < 1.29 is 8.42 Å². The molecule has 0 saturated carbocycles. The number of halogens is 1. The first-order chi connectivity index (χ1) is 10.9. The molecule has 1 aromatic carbocycles. The molecule has 1 aliphatic heterocycles. The smallest absolute Gasteiger partial charge is 0.244 e. The Kier molecular flexibility index (Phi) is 4.59. The van der Waals surface area contributed by atoms with E-state index >= 15 is 0 Å². The summed E-state index contributed by atoms with van der Waals surface area (Å²) in [6.45, 7) is 3.48. The summed E-state index contributed by atoms with van der Waals surface area (Å²) >= 11 is 3.37. The quantitative estimate of drug-likeness (QED) is 0.855. The molecule has 2 heterocycles. The van der Waals surface area contributed by atoms with Gasteiger partial charge in [-0.25, -0.2) is 13.4 Å². The van der Waals surface area contributed by atoms with Crippen LogP contribution in [0.3, 0.4) is 0 Å². The fraction of sp³-hybridized carbons (Fsp3) is 0.400. The maximum atomic E-state index is 13.2. The van der Waals surface area contributed by atoms with Gasteiger partial charge in [0.1, 0.15) is 5.82 Å². The fourth-order valence-corrected chi connectivity index (χ4v) is 5.42. The summed E-state index contributed by atoms with van der Waals surface area (Å²) in [6, 6.07) is 5.05. The molecule has 0 bridgehead atoms. The molecular formula is C15H19BrN4O2S. The molecule has 0 spiro atoms. The van der Waals surface area contributed by atoms with Gasteiger partial charge in [0.2, 0.25) is 10.0 Å². The summed E-state index contributed by atoms with van der Waals surface area (Å²) < 4.78 is 30.4. The summed E-state index contributed by atoms with van der Waals surface area (Å²) in [6.07, 6.45) is 3.52. The molecule has 3 rings (SSSR count). The molecule has 8 heteroatoms.